The average Bonchev–Trinajstić information content (AvgIpc) is 2.41. The van der Waals surface area contributed by atoms with Gasteiger partial charge in [-0.05, 0) is 37.1 Å². The summed E-state index contributed by atoms with van der Waals surface area (Å²) in [6.45, 7) is 4.03. The zero-order valence-electron chi connectivity index (χ0n) is 10.9. The fourth-order valence-electron chi connectivity index (χ4n) is 1.80. The Balaban J connectivity index is 2.20. The Hall–Kier alpha value is -2.34. The number of aryl methyl sites for hydroxylation is 2. The van der Waals surface area contributed by atoms with E-state index in [0.29, 0.717) is 5.56 Å². The predicted molar refractivity (Wildman–Crippen MR) is 71.4 cm³/mol. The van der Waals surface area contributed by atoms with Crippen LogP contribution in [-0.2, 0) is 6.61 Å². The van der Waals surface area contributed by atoms with Gasteiger partial charge in [0.05, 0.1) is 5.56 Å². The van der Waals surface area contributed by atoms with Crippen molar-refractivity contribution in [2.75, 3.05) is 0 Å². The van der Waals surface area contributed by atoms with Crippen molar-refractivity contribution in [3.05, 3.63) is 64.5 Å². The lowest BCUT2D eigenvalue weighted by Crippen LogP contribution is -2.01. The number of rotatable bonds is 3. The maximum atomic E-state index is 13.9. The van der Waals surface area contributed by atoms with Gasteiger partial charge in [-0.15, -0.1) is 0 Å². The van der Waals surface area contributed by atoms with E-state index in [9.17, 15) is 4.39 Å². The summed E-state index contributed by atoms with van der Waals surface area (Å²) in [4.78, 5) is 0. The standard InChI is InChI=1S/C16H14FNO/c1-11-6-7-12(2)15(8-11)19-10-14-5-3-4-13(9-18)16(14)17/h3-8H,10H2,1-2H3. The zero-order chi connectivity index (χ0) is 13.8. The molecule has 0 unspecified atom stereocenters. The molecule has 0 fully saturated rings. The molecule has 0 saturated heterocycles. The summed E-state index contributed by atoms with van der Waals surface area (Å²) in [5.74, 6) is 0.233. The summed E-state index contributed by atoms with van der Waals surface area (Å²) in [7, 11) is 0. The molecule has 2 nitrogen and oxygen atoms in total. The molecule has 0 amide bonds. The maximum absolute atomic E-state index is 13.9. The van der Waals surface area contributed by atoms with Crippen molar-refractivity contribution in [3.8, 4) is 11.8 Å². The van der Waals surface area contributed by atoms with Crippen LogP contribution in [0.4, 0.5) is 4.39 Å². The van der Waals surface area contributed by atoms with Crippen LogP contribution in [-0.4, -0.2) is 0 Å². The van der Waals surface area contributed by atoms with Crippen LogP contribution in [0.5, 0.6) is 5.75 Å². The van der Waals surface area contributed by atoms with Gasteiger partial charge in [0.2, 0.25) is 0 Å². The Bertz CT molecular complexity index is 644. The highest BCUT2D eigenvalue weighted by Gasteiger charge is 2.08. The van der Waals surface area contributed by atoms with Gasteiger partial charge < -0.3 is 4.74 Å². The fourth-order valence-corrected chi connectivity index (χ4v) is 1.80. The number of benzene rings is 2. The van der Waals surface area contributed by atoms with E-state index in [0.717, 1.165) is 16.9 Å². The molecule has 2 aromatic carbocycles. The first kappa shape index (κ1) is 13.1. The Morgan fingerprint density at radius 3 is 2.74 bits per heavy atom. The molecule has 96 valence electrons. The zero-order valence-corrected chi connectivity index (χ0v) is 10.9. The minimum absolute atomic E-state index is 0.0436. The molecule has 2 rings (SSSR count). The van der Waals surface area contributed by atoms with Gasteiger partial charge in [0.1, 0.15) is 24.2 Å². The van der Waals surface area contributed by atoms with Crippen LogP contribution in [0.3, 0.4) is 0 Å². The number of nitrogens with zero attached hydrogens (tertiary/aromatic N) is 1. The second-order valence-corrected chi connectivity index (χ2v) is 4.45. The molecule has 0 spiro atoms. The van der Waals surface area contributed by atoms with Crippen molar-refractivity contribution in [1.29, 1.82) is 5.26 Å². The van der Waals surface area contributed by atoms with Gasteiger partial charge in [-0.25, -0.2) is 4.39 Å². The molecule has 0 saturated carbocycles. The van der Waals surface area contributed by atoms with E-state index in [-0.39, 0.29) is 12.2 Å². The van der Waals surface area contributed by atoms with Crippen LogP contribution < -0.4 is 4.74 Å². The molecule has 0 atom stereocenters. The van der Waals surface area contributed by atoms with Crippen molar-refractivity contribution in [2.45, 2.75) is 20.5 Å². The SMILES string of the molecule is Cc1ccc(C)c(OCc2cccc(C#N)c2F)c1. The molecule has 0 aliphatic heterocycles. The molecule has 0 N–H and O–H groups in total. The lowest BCUT2D eigenvalue weighted by molar-refractivity contribution is 0.297. The summed E-state index contributed by atoms with van der Waals surface area (Å²) in [5.41, 5.74) is 2.52. The molecule has 0 radical (unpaired) electrons. The highest BCUT2D eigenvalue weighted by atomic mass is 19.1. The predicted octanol–water partition coefficient (Wildman–Crippen LogP) is 3.89. The second-order valence-electron chi connectivity index (χ2n) is 4.45. The summed E-state index contributed by atoms with van der Waals surface area (Å²) in [5, 5.41) is 8.78. The summed E-state index contributed by atoms with van der Waals surface area (Å²) in [6.07, 6.45) is 0. The molecule has 0 heterocycles. The smallest absolute Gasteiger partial charge is 0.147 e. The van der Waals surface area contributed by atoms with E-state index >= 15 is 0 Å². The van der Waals surface area contributed by atoms with Gasteiger partial charge in [0.15, 0.2) is 0 Å². The van der Waals surface area contributed by atoms with Gasteiger partial charge in [-0.2, -0.15) is 5.26 Å². The topological polar surface area (TPSA) is 33.0 Å². The Kier molecular flexibility index (Phi) is 3.82. The van der Waals surface area contributed by atoms with E-state index in [1.165, 1.54) is 6.07 Å². The monoisotopic (exact) mass is 255 g/mol. The molecule has 2 aromatic rings. The first-order valence-corrected chi connectivity index (χ1v) is 5.99. The van der Waals surface area contributed by atoms with E-state index in [2.05, 4.69) is 0 Å². The van der Waals surface area contributed by atoms with Crippen molar-refractivity contribution in [2.24, 2.45) is 0 Å². The minimum Gasteiger partial charge on any atom is -0.489 e. The molecule has 19 heavy (non-hydrogen) atoms. The van der Waals surface area contributed by atoms with Gasteiger partial charge in [-0.1, -0.05) is 24.3 Å². The largest absolute Gasteiger partial charge is 0.489 e. The molecule has 0 aliphatic rings. The third-order valence-electron chi connectivity index (χ3n) is 2.93. The quantitative estimate of drug-likeness (QED) is 0.833. The molecular formula is C16H14FNO. The van der Waals surface area contributed by atoms with Gasteiger partial charge in [0.25, 0.3) is 0 Å². The van der Waals surface area contributed by atoms with Gasteiger partial charge in [0, 0.05) is 5.56 Å². The van der Waals surface area contributed by atoms with Crippen molar-refractivity contribution in [3.63, 3.8) is 0 Å². The highest BCUT2D eigenvalue weighted by molar-refractivity contribution is 5.37. The van der Waals surface area contributed by atoms with Crippen LogP contribution >= 0.6 is 0 Å². The Labute approximate surface area is 112 Å². The van der Waals surface area contributed by atoms with Crippen molar-refractivity contribution in [1.82, 2.24) is 0 Å². The van der Waals surface area contributed by atoms with E-state index in [1.54, 1.807) is 12.1 Å². The molecular weight excluding hydrogens is 241 g/mol. The van der Waals surface area contributed by atoms with Gasteiger partial charge in [-0.3, -0.25) is 0 Å². The maximum Gasteiger partial charge on any atom is 0.147 e. The lowest BCUT2D eigenvalue weighted by atomic mass is 10.1. The number of ether oxygens (including phenoxy) is 1. The first-order chi connectivity index (χ1) is 9.11. The first-order valence-electron chi connectivity index (χ1n) is 5.99. The fraction of sp³-hybridized carbons (Fsp3) is 0.188. The van der Waals surface area contributed by atoms with Crippen molar-refractivity contribution < 1.29 is 9.13 Å². The Morgan fingerprint density at radius 1 is 1.21 bits per heavy atom. The third-order valence-corrected chi connectivity index (χ3v) is 2.93. The molecule has 0 aromatic heterocycles. The molecule has 0 bridgehead atoms. The number of halogens is 1. The van der Waals surface area contributed by atoms with Crippen LogP contribution in [0.2, 0.25) is 0 Å². The Morgan fingerprint density at radius 2 is 2.00 bits per heavy atom. The highest BCUT2D eigenvalue weighted by Crippen LogP contribution is 2.21. The average molecular weight is 255 g/mol. The number of hydrogen-bond acceptors (Lipinski definition) is 2. The summed E-state index contributed by atoms with van der Waals surface area (Å²) in [6, 6.07) is 12.4. The van der Waals surface area contributed by atoms with Crippen LogP contribution in [0.15, 0.2) is 36.4 Å². The second kappa shape index (κ2) is 5.53. The van der Waals surface area contributed by atoms with E-state index in [4.69, 9.17) is 10.00 Å². The van der Waals surface area contributed by atoms with Crippen LogP contribution in [0.25, 0.3) is 0 Å². The number of nitriles is 1. The number of hydrogen-bond donors (Lipinski definition) is 0. The molecule has 0 aliphatic carbocycles. The summed E-state index contributed by atoms with van der Waals surface area (Å²) < 4.78 is 19.5. The van der Waals surface area contributed by atoms with Gasteiger partial charge >= 0.3 is 0 Å². The van der Waals surface area contributed by atoms with Crippen molar-refractivity contribution >= 4 is 0 Å². The third kappa shape index (κ3) is 2.92. The van der Waals surface area contributed by atoms with Crippen LogP contribution in [0.1, 0.15) is 22.3 Å². The van der Waals surface area contributed by atoms with Crippen LogP contribution in [0, 0.1) is 31.0 Å². The molecule has 3 heteroatoms. The summed E-state index contributed by atoms with van der Waals surface area (Å²) >= 11 is 0. The minimum atomic E-state index is -0.504. The normalized spacial score (nSPS) is 10.0. The van der Waals surface area contributed by atoms with E-state index < -0.39 is 5.82 Å². The lowest BCUT2D eigenvalue weighted by Gasteiger charge is -2.11. The van der Waals surface area contributed by atoms with E-state index in [1.807, 2.05) is 38.1 Å².